The van der Waals surface area contributed by atoms with Gasteiger partial charge in [-0.25, -0.2) is 0 Å². The van der Waals surface area contributed by atoms with Gasteiger partial charge < -0.3 is 10.2 Å². The van der Waals surface area contributed by atoms with Crippen LogP contribution in [0.5, 0.6) is 5.75 Å². The molecule has 0 saturated heterocycles. The largest absolute Gasteiger partial charge is 0.508 e. The molecule has 0 fully saturated rings. The summed E-state index contributed by atoms with van der Waals surface area (Å²) in [4.78, 5) is 2.20. The second kappa shape index (κ2) is 5.73. The van der Waals surface area contributed by atoms with Crippen LogP contribution < -0.4 is 0 Å². The van der Waals surface area contributed by atoms with Crippen molar-refractivity contribution in [2.75, 3.05) is 13.1 Å². The average molecular weight is 209 g/mol. The highest BCUT2D eigenvalue weighted by Crippen LogP contribution is 2.22. The lowest BCUT2D eigenvalue weighted by Gasteiger charge is -2.20. The molecule has 0 atom stereocenters. The Labute approximate surface area is 91.0 Å². The predicted octanol–water partition coefficient (Wildman–Crippen LogP) is 1.73. The van der Waals surface area contributed by atoms with Crippen LogP contribution in [0.2, 0.25) is 0 Å². The van der Waals surface area contributed by atoms with Crippen LogP contribution in [0.1, 0.15) is 25.0 Å². The highest BCUT2D eigenvalue weighted by Gasteiger charge is 2.09. The third-order valence-corrected chi connectivity index (χ3v) is 2.69. The molecule has 0 aromatic heterocycles. The molecular formula is C12H19NO2. The van der Waals surface area contributed by atoms with Crippen LogP contribution >= 0.6 is 0 Å². The van der Waals surface area contributed by atoms with E-state index in [1.807, 2.05) is 6.07 Å². The first-order valence-electron chi connectivity index (χ1n) is 5.35. The fourth-order valence-electron chi connectivity index (χ4n) is 1.62. The van der Waals surface area contributed by atoms with Crippen LogP contribution in [0.15, 0.2) is 18.2 Å². The topological polar surface area (TPSA) is 43.7 Å². The summed E-state index contributed by atoms with van der Waals surface area (Å²) < 4.78 is 0. The average Bonchev–Trinajstić information content (AvgIpc) is 2.27. The zero-order valence-corrected chi connectivity index (χ0v) is 9.40. The number of benzene rings is 1. The third-order valence-electron chi connectivity index (χ3n) is 2.69. The van der Waals surface area contributed by atoms with Crippen molar-refractivity contribution in [3.63, 3.8) is 0 Å². The molecular weight excluding hydrogens is 190 g/mol. The van der Waals surface area contributed by atoms with Crippen LogP contribution in [0, 0.1) is 0 Å². The summed E-state index contributed by atoms with van der Waals surface area (Å²) in [5.41, 5.74) is 1.64. The van der Waals surface area contributed by atoms with Gasteiger partial charge in [-0.15, -0.1) is 0 Å². The van der Waals surface area contributed by atoms with Gasteiger partial charge in [-0.3, -0.25) is 4.90 Å². The first kappa shape index (κ1) is 12.0. The number of aliphatic hydroxyl groups excluding tert-OH is 1. The molecule has 1 aromatic rings. The maximum Gasteiger partial charge on any atom is 0.120 e. The molecule has 0 amide bonds. The lowest BCUT2D eigenvalue weighted by atomic mass is 10.1. The van der Waals surface area contributed by atoms with E-state index in [0.717, 1.165) is 24.2 Å². The molecule has 3 nitrogen and oxygen atoms in total. The second-order valence-corrected chi connectivity index (χ2v) is 3.53. The molecule has 1 rings (SSSR count). The molecule has 2 N–H and O–H groups in total. The molecule has 0 bridgehead atoms. The number of aromatic hydroxyl groups is 1. The molecule has 3 heteroatoms. The fourth-order valence-corrected chi connectivity index (χ4v) is 1.62. The molecule has 15 heavy (non-hydrogen) atoms. The van der Waals surface area contributed by atoms with Crippen LogP contribution in [-0.2, 0) is 13.2 Å². The van der Waals surface area contributed by atoms with Crippen LogP contribution in [-0.4, -0.2) is 28.2 Å². The van der Waals surface area contributed by atoms with Gasteiger partial charge in [-0.1, -0.05) is 26.0 Å². The van der Waals surface area contributed by atoms with Crippen LogP contribution in [0.3, 0.4) is 0 Å². The summed E-state index contributed by atoms with van der Waals surface area (Å²) in [5, 5.41) is 18.9. The van der Waals surface area contributed by atoms with E-state index in [-0.39, 0.29) is 12.4 Å². The quantitative estimate of drug-likeness (QED) is 0.776. The van der Waals surface area contributed by atoms with Gasteiger partial charge in [-0.2, -0.15) is 0 Å². The fraction of sp³-hybridized carbons (Fsp3) is 0.500. The van der Waals surface area contributed by atoms with Crippen molar-refractivity contribution in [1.82, 2.24) is 4.90 Å². The van der Waals surface area contributed by atoms with Gasteiger partial charge in [0.2, 0.25) is 0 Å². The molecule has 0 radical (unpaired) electrons. The molecule has 0 aliphatic carbocycles. The maximum atomic E-state index is 9.72. The highest BCUT2D eigenvalue weighted by molar-refractivity contribution is 5.38. The Morgan fingerprint density at radius 3 is 2.40 bits per heavy atom. The molecule has 0 heterocycles. The van der Waals surface area contributed by atoms with Gasteiger partial charge in [0.1, 0.15) is 5.75 Å². The smallest absolute Gasteiger partial charge is 0.120 e. The van der Waals surface area contributed by atoms with Crippen molar-refractivity contribution < 1.29 is 10.2 Å². The minimum Gasteiger partial charge on any atom is -0.508 e. The second-order valence-electron chi connectivity index (χ2n) is 3.53. The number of hydrogen-bond donors (Lipinski definition) is 2. The number of hydrogen-bond acceptors (Lipinski definition) is 3. The summed E-state index contributed by atoms with van der Waals surface area (Å²) in [6.45, 7) is 6.72. The molecule has 84 valence electrons. The number of phenolic OH excluding ortho intramolecular Hbond substituents is 1. The lowest BCUT2D eigenvalue weighted by Crippen LogP contribution is -2.22. The summed E-state index contributed by atoms with van der Waals surface area (Å²) >= 11 is 0. The predicted molar refractivity (Wildman–Crippen MR) is 60.7 cm³/mol. The number of phenols is 1. The third kappa shape index (κ3) is 2.94. The van der Waals surface area contributed by atoms with Gasteiger partial charge in [0.05, 0.1) is 6.61 Å². The van der Waals surface area contributed by atoms with Crippen LogP contribution in [0.25, 0.3) is 0 Å². The Balaban J connectivity index is 2.91. The summed E-state index contributed by atoms with van der Waals surface area (Å²) in [7, 11) is 0. The van der Waals surface area contributed by atoms with Crippen molar-refractivity contribution in [3.8, 4) is 5.75 Å². The summed E-state index contributed by atoms with van der Waals surface area (Å²) in [6, 6.07) is 5.27. The zero-order chi connectivity index (χ0) is 11.3. The zero-order valence-electron chi connectivity index (χ0n) is 9.40. The number of nitrogens with zero attached hydrogens (tertiary/aromatic N) is 1. The van der Waals surface area contributed by atoms with Crippen molar-refractivity contribution in [2.24, 2.45) is 0 Å². The summed E-state index contributed by atoms with van der Waals surface area (Å²) in [6.07, 6.45) is 0. The van der Waals surface area contributed by atoms with E-state index >= 15 is 0 Å². The molecule has 0 aliphatic rings. The van der Waals surface area contributed by atoms with Gasteiger partial charge in [-0.05, 0) is 24.7 Å². The van der Waals surface area contributed by atoms with Crippen molar-refractivity contribution in [2.45, 2.75) is 27.0 Å². The first-order valence-corrected chi connectivity index (χ1v) is 5.35. The number of aliphatic hydroxyl groups is 1. The minimum atomic E-state index is -0.0228. The van der Waals surface area contributed by atoms with Crippen molar-refractivity contribution in [3.05, 3.63) is 29.3 Å². The van der Waals surface area contributed by atoms with Crippen molar-refractivity contribution in [1.29, 1.82) is 0 Å². The standard InChI is InChI=1S/C12H19NO2/c1-3-13(4-2)8-11-10(9-14)6-5-7-12(11)15/h5-7,14-15H,3-4,8-9H2,1-2H3. The monoisotopic (exact) mass is 209 g/mol. The van der Waals surface area contributed by atoms with E-state index in [9.17, 15) is 10.2 Å². The maximum absolute atomic E-state index is 9.72. The SMILES string of the molecule is CCN(CC)Cc1c(O)cccc1CO. The van der Waals surface area contributed by atoms with E-state index in [4.69, 9.17) is 0 Å². The Morgan fingerprint density at radius 1 is 1.20 bits per heavy atom. The Hall–Kier alpha value is -1.06. The van der Waals surface area contributed by atoms with Gasteiger partial charge >= 0.3 is 0 Å². The highest BCUT2D eigenvalue weighted by atomic mass is 16.3. The normalized spacial score (nSPS) is 10.9. The Bertz CT molecular complexity index is 308. The molecule has 0 saturated carbocycles. The van der Waals surface area contributed by atoms with E-state index in [2.05, 4.69) is 18.7 Å². The lowest BCUT2D eigenvalue weighted by molar-refractivity contribution is 0.265. The van der Waals surface area contributed by atoms with E-state index in [1.165, 1.54) is 0 Å². The van der Waals surface area contributed by atoms with E-state index < -0.39 is 0 Å². The first-order chi connectivity index (χ1) is 7.22. The number of rotatable bonds is 5. The molecule has 0 unspecified atom stereocenters. The molecule has 0 spiro atoms. The molecule has 1 aromatic carbocycles. The Kier molecular flexibility index (Phi) is 4.59. The van der Waals surface area contributed by atoms with E-state index in [1.54, 1.807) is 12.1 Å². The van der Waals surface area contributed by atoms with E-state index in [0.29, 0.717) is 6.54 Å². The van der Waals surface area contributed by atoms with Gasteiger partial charge in [0, 0.05) is 12.1 Å². The van der Waals surface area contributed by atoms with Gasteiger partial charge in [0.15, 0.2) is 0 Å². The van der Waals surface area contributed by atoms with Crippen molar-refractivity contribution >= 4 is 0 Å². The Morgan fingerprint density at radius 2 is 1.87 bits per heavy atom. The minimum absolute atomic E-state index is 0.0228. The summed E-state index contributed by atoms with van der Waals surface area (Å²) in [5.74, 6) is 0.272. The van der Waals surface area contributed by atoms with Gasteiger partial charge in [0.25, 0.3) is 0 Å². The van der Waals surface area contributed by atoms with Crippen LogP contribution in [0.4, 0.5) is 0 Å². The molecule has 0 aliphatic heterocycles.